The standard InChI is InChI=1S/C17H27NO3/c1-4-18-12-16(19)17(9-5-6-10-17)13-7-8-14(20-2)15(11-13)21-3/h7-8,11,16,18-19H,4-6,9-10,12H2,1-3H3. The smallest absolute Gasteiger partial charge is 0.161 e. The van der Waals surface area contributed by atoms with Gasteiger partial charge in [0.05, 0.1) is 20.3 Å². The first-order valence-corrected chi connectivity index (χ1v) is 7.79. The van der Waals surface area contributed by atoms with Gasteiger partial charge in [0.25, 0.3) is 0 Å². The van der Waals surface area contributed by atoms with Crippen LogP contribution in [0.3, 0.4) is 0 Å². The van der Waals surface area contributed by atoms with Crippen molar-refractivity contribution in [3.63, 3.8) is 0 Å². The first-order chi connectivity index (χ1) is 10.2. The third kappa shape index (κ3) is 3.16. The number of hydrogen-bond donors (Lipinski definition) is 2. The molecule has 0 bridgehead atoms. The molecule has 0 heterocycles. The molecule has 0 amide bonds. The van der Waals surface area contributed by atoms with Gasteiger partial charge in [-0.1, -0.05) is 25.8 Å². The van der Waals surface area contributed by atoms with Crippen LogP contribution in [0.15, 0.2) is 18.2 Å². The van der Waals surface area contributed by atoms with Gasteiger partial charge in [0.2, 0.25) is 0 Å². The predicted octanol–water partition coefficient (Wildman–Crippen LogP) is 2.49. The molecule has 21 heavy (non-hydrogen) atoms. The van der Waals surface area contributed by atoms with Gasteiger partial charge in [-0.2, -0.15) is 0 Å². The molecule has 0 aliphatic heterocycles. The summed E-state index contributed by atoms with van der Waals surface area (Å²) >= 11 is 0. The molecule has 1 aliphatic carbocycles. The maximum atomic E-state index is 10.7. The van der Waals surface area contributed by atoms with E-state index in [4.69, 9.17) is 9.47 Å². The van der Waals surface area contributed by atoms with Gasteiger partial charge in [-0.15, -0.1) is 0 Å². The second kappa shape index (κ2) is 7.14. The monoisotopic (exact) mass is 293 g/mol. The maximum absolute atomic E-state index is 10.7. The van der Waals surface area contributed by atoms with Crippen molar-refractivity contribution >= 4 is 0 Å². The van der Waals surface area contributed by atoms with Crippen molar-refractivity contribution in [3.05, 3.63) is 23.8 Å². The fraction of sp³-hybridized carbons (Fsp3) is 0.647. The van der Waals surface area contributed by atoms with Crippen molar-refractivity contribution in [1.29, 1.82) is 0 Å². The highest BCUT2D eigenvalue weighted by Gasteiger charge is 2.42. The average molecular weight is 293 g/mol. The van der Waals surface area contributed by atoms with Crippen LogP contribution in [0.5, 0.6) is 11.5 Å². The molecule has 2 rings (SSSR count). The molecule has 1 atom stereocenters. The lowest BCUT2D eigenvalue weighted by molar-refractivity contribution is 0.0820. The van der Waals surface area contributed by atoms with E-state index in [1.807, 2.05) is 12.1 Å². The average Bonchev–Trinajstić information content (AvgIpc) is 3.02. The minimum atomic E-state index is -0.377. The molecule has 0 aromatic heterocycles. The van der Waals surface area contributed by atoms with Crippen LogP contribution < -0.4 is 14.8 Å². The lowest BCUT2D eigenvalue weighted by Crippen LogP contribution is -2.43. The summed E-state index contributed by atoms with van der Waals surface area (Å²) in [6.07, 6.45) is 4.00. The summed E-state index contributed by atoms with van der Waals surface area (Å²) in [7, 11) is 3.29. The van der Waals surface area contributed by atoms with E-state index in [0.29, 0.717) is 6.54 Å². The molecule has 2 N–H and O–H groups in total. The van der Waals surface area contributed by atoms with Crippen molar-refractivity contribution in [2.45, 2.75) is 44.1 Å². The Bertz CT molecular complexity index is 455. The van der Waals surface area contributed by atoms with Gasteiger partial charge in [-0.05, 0) is 37.1 Å². The zero-order valence-electron chi connectivity index (χ0n) is 13.3. The Hall–Kier alpha value is -1.26. The zero-order chi connectivity index (χ0) is 15.3. The number of ether oxygens (including phenoxy) is 2. The Kier molecular flexibility index (Phi) is 5.48. The van der Waals surface area contributed by atoms with E-state index in [9.17, 15) is 5.11 Å². The Labute approximate surface area is 127 Å². The first kappa shape index (κ1) is 16.1. The molecule has 1 aromatic carbocycles. The third-order valence-corrected chi connectivity index (χ3v) is 4.68. The highest BCUT2D eigenvalue weighted by molar-refractivity contribution is 5.46. The molecule has 1 aromatic rings. The molecule has 1 fully saturated rings. The summed E-state index contributed by atoms with van der Waals surface area (Å²) in [5.41, 5.74) is 0.991. The Balaban J connectivity index is 2.33. The number of rotatable bonds is 7. The highest BCUT2D eigenvalue weighted by Crippen LogP contribution is 2.45. The highest BCUT2D eigenvalue weighted by atomic mass is 16.5. The zero-order valence-corrected chi connectivity index (χ0v) is 13.3. The van der Waals surface area contributed by atoms with E-state index in [1.54, 1.807) is 14.2 Å². The molecule has 0 radical (unpaired) electrons. The van der Waals surface area contributed by atoms with Gasteiger partial charge < -0.3 is 19.9 Å². The van der Waals surface area contributed by atoms with Crippen molar-refractivity contribution in [3.8, 4) is 11.5 Å². The second-order valence-corrected chi connectivity index (χ2v) is 5.76. The SMILES string of the molecule is CCNCC(O)C1(c2ccc(OC)c(OC)c2)CCCC1. The molecule has 1 unspecified atom stereocenters. The molecule has 4 nitrogen and oxygen atoms in total. The quantitative estimate of drug-likeness (QED) is 0.811. The van der Waals surface area contributed by atoms with Crippen LogP contribution in [0.1, 0.15) is 38.2 Å². The Morgan fingerprint density at radius 2 is 1.86 bits per heavy atom. The summed E-state index contributed by atoms with van der Waals surface area (Å²) in [5, 5.41) is 14.0. The van der Waals surface area contributed by atoms with Gasteiger partial charge in [0.15, 0.2) is 11.5 Å². The van der Waals surface area contributed by atoms with Crippen LogP contribution in [0.4, 0.5) is 0 Å². The van der Waals surface area contributed by atoms with E-state index in [-0.39, 0.29) is 11.5 Å². The van der Waals surface area contributed by atoms with Gasteiger partial charge in [-0.25, -0.2) is 0 Å². The summed E-state index contributed by atoms with van der Waals surface area (Å²) in [4.78, 5) is 0. The summed E-state index contributed by atoms with van der Waals surface area (Å²) in [5.74, 6) is 1.47. The van der Waals surface area contributed by atoms with Gasteiger partial charge in [-0.3, -0.25) is 0 Å². The fourth-order valence-corrected chi connectivity index (χ4v) is 3.44. The van der Waals surface area contributed by atoms with E-state index in [1.165, 1.54) is 0 Å². The summed E-state index contributed by atoms with van der Waals surface area (Å²) in [6, 6.07) is 6.04. The number of likely N-dealkylation sites (N-methyl/N-ethyl adjacent to an activating group) is 1. The molecule has 118 valence electrons. The van der Waals surface area contributed by atoms with Crippen LogP contribution in [0.25, 0.3) is 0 Å². The third-order valence-electron chi connectivity index (χ3n) is 4.68. The molecule has 0 spiro atoms. The maximum Gasteiger partial charge on any atom is 0.161 e. The number of hydrogen-bond acceptors (Lipinski definition) is 4. The van der Waals surface area contributed by atoms with Crippen LogP contribution in [-0.2, 0) is 5.41 Å². The van der Waals surface area contributed by atoms with E-state index in [0.717, 1.165) is 49.3 Å². The Morgan fingerprint density at radius 3 is 2.43 bits per heavy atom. The van der Waals surface area contributed by atoms with Crippen LogP contribution in [0.2, 0.25) is 0 Å². The van der Waals surface area contributed by atoms with E-state index in [2.05, 4.69) is 18.3 Å². The van der Waals surface area contributed by atoms with Crippen LogP contribution >= 0.6 is 0 Å². The van der Waals surface area contributed by atoms with Crippen molar-refractivity contribution in [2.24, 2.45) is 0 Å². The van der Waals surface area contributed by atoms with Gasteiger partial charge in [0.1, 0.15) is 0 Å². The van der Waals surface area contributed by atoms with Crippen molar-refractivity contribution in [1.82, 2.24) is 5.32 Å². The van der Waals surface area contributed by atoms with E-state index < -0.39 is 0 Å². The predicted molar refractivity (Wildman–Crippen MR) is 84.2 cm³/mol. The molecular weight excluding hydrogens is 266 g/mol. The number of aliphatic hydroxyl groups excluding tert-OH is 1. The minimum Gasteiger partial charge on any atom is -0.493 e. The summed E-state index contributed by atoms with van der Waals surface area (Å²) in [6.45, 7) is 3.56. The topological polar surface area (TPSA) is 50.7 Å². The second-order valence-electron chi connectivity index (χ2n) is 5.76. The molecule has 1 aliphatic rings. The van der Waals surface area contributed by atoms with Gasteiger partial charge >= 0.3 is 0 Å². The molecule has 4 heteroatoms. The number of benzene rings is 1. The molecular formula is C17H27NO3. The molecule has 1 saturated carbocycles. The lowest BCUT2D eigenvalue weighted by atomic mass is 9.74. The lowest BCUT2D eigenvalue weighted by Gasteiger charge is -2.35. The van der Waals surface area contributed by atoms with Crippen molar-refractivity contribution < 1.29 is 14.6 Å². The summed E-state index contributed by atoms with van der Waals surface area (Å²) < 4.78 is 10.7. The number of methoxy groups -OCH3 is 2. The molecule has 0 saturated heterocycles. The largest absolute Gasteiger partial charge is 0.493 e. The van der Waals surface area contributed by atoms with Crippen molar-refractivity contribution in [2.75, 3.05) is 27.3 Å². The van der Waals surface area contributed by atoms with Gasteiger partial charge in [0, 0.05) is 12.0 Å². The van der Waals surface area contributed by atoms with E-state index >= 15 is 0 Å². The first-order valence-electron chi connectivity index (χ1n) is 7.79. The number of aliphatic hydroxyl groups is 1. The minimum absolute atomic E-state index is 0.165. The van der Waals surface area contributed by atoms with Crippen LogP contribution in [-0.4, -0.2) is 38.5 Å². The number of nitrogens with one attached hydrogen (secondary N) is 1. The normalized spacial score (nSPS) is 18.5. The Morgan fingerprint density at radius 1 is 1.19 bits per heavy atom. The fourth-order valence-electron chi connectivity index (χ4n) is 3.44. The van der Waals surface area contributed by atoms with Crippen LogP contribution in [0, 0.1) is 0 Å².